The molecule has 14 heavy (non-hydrogen) atoms. The van der Waals surface area contributed by atoms with E-state index in [2.05, 4.69) is 36.4 Å². The highest BCUT2D eigenvalue weighted by Gasteiger charge is 2.34. The molecule has 0 spiro atoms. The van der Waals surface area contributed by atoms with Gasteiger partial charge in [-0.05, 0) is 29.9 Å². The Balaban J connectivity index is 2.12. The first kappa shape index (κ1) is 8.25. The first-order valence-electron chi connectivity index (χ1n) is 5.36. The van der Waals surface area contributed by atoms with Crippen LogP contribution >= 0.6 is 0 Å². The lowest BCUT2D eigenvalue weighted by atomic mass is 9.69. The van der Waals surface area contributed by atoms with Gasteiger partial charge in [-0.3, -0.25) is 0 Å². The highest BCUT2D eigenvalue weighted by Crippen LogP contribution is 2.39. The minimum absolute atomic E-state index is 0.342. The second-order valence-corrected chi connectivity index (χ2v) is 4.41. The van der Waals surface area contributed by atoms with Crippen LogP contribution in [0.2, 0.25) is 0 Å². The Morgan fingerprint density at radius 2 is 2.07 bits per heavy atom. The summed E-state index contributed by atoms with van der Waals surface area (Å²) in [7, 11) is 0. The molecule has 0 saturated heterocycles. The Labute approximate surface area is 84.6 Å². The third kappa shape index (κ3) is 1.05. The summed E-state index contributed by atoms with van der Waals surface area (Å²) >= 11 is 0. The Morgan fingerprint density at radius 1 is 1.21 bits per heavy atom. The van der Waals surface area contributed by atoms with E-state index < -0.39 is 0 Å². The summed E-state index contributed by atoms with van der Waals surface area (Å²) in [6, 6.07) is 9.10. The fourth-order valence-corrected chi connectivity index (χ4v) is 2.86. The maximum Gasteiger partial charge on any atom is 0.0177 e. The van der Waals surface area contributed by atoms with Crippen LogP contribution in [0.5, 0.6) is 0 Å². The van der Waals surface area contributed by atoms with Gasteiger partial charge >= 0.3 is 0 Å². The molecule has 1 nitrogen and oxygen atoms in total. The van der Waals surface area contributed by atoms with E-state index in [1.807, 2.05) is 0 Å². The molecule has 0 aromatic heterocycles. The molecular formula is C13H15N. The average Bonchev–Trinajstić information content (AvgIpc) is 2.18. The number of nitrogens with two attached hydrogens (primary N) is 1. The van der Waals surface area contributed by atoms with Crippen LogP contribution in [0.25, 0.3) is 0 Å². The zero-order chi connectivity index (χ0) is 9.54. The van der Waals surface area contributed by atoms with Gasteiger partial charge in [0, 0.05) is 12.0 Å². The predicted octanol–water partition coefficient (Wildman–Crippen LogP) is 2.23. The van der Waals surface area contributed by atoms with Crippen LogP contribution in [0.3, 0.4) is 0 Å². The van der Waals surface area contributed by atoms with Crippen LogP contribution in [0, 0.1) is 5.92 Å². The van der Waals surface area contributed by atoms with Crippen LogP contribution in [-0.4, -0.2) is 6.04 Å². The van der Waals surface area contributed by atoms with Gasteiger partial charge in [-0.15, -0.1) is 0 Å². The first-order chi connectivity index (χ1) is 6.86. The Bertz CT molecular complexity index is 381. The van der Waals surface area contributed by atoms with Crippen LogP contribution in [0.15, 0.2) is 36.4 Å². The van der Waals surface area contributed by atoms with E-state index in [0.29, 0.717) is 17.9 Å². The Hall–Kier alpha value is -1.08. The molecule has 3 rings (SSSR count). The molecule has 1 aromatic rings. The third-order valence-electron chi connectivity index (χ3n) is 3.64. The zero-order valence-corrected chi connectivity index (χ0v) is 8.19. The minimum atomic E-state index is 0.342. The van der Waals surface area contributed by atoms with Gasteiger partial charge in [0.25, 0.3) is 0 Å². The number of allylic oxidation sites excluding steroid dienone is 1. The molecule has 0 aliphatic heterocycles. The van der Waals surface area contributed by atoms with Gasteiger partial charge in [0.1, 0.15) is 0 Å². The lowest BCUT2D eigenvalue weighted by Gasteiger charge is -2.38. The van der Waals surface area contributed by atoms with Crippen molar-refractivity contribution < 1.29 is 0 Å². The summed E-state index contributed by atoms with van der Waals surface area (Å²) in [5, 5.41) is 0. The van der Waals surface area contributed by atoms with E-state index in [-0.39, 0.29) is 0 Å². The van der Waals surface area contributed by atoms with Crippen molar-refractivity contribution in [1.82, 2.24) is 0 Å². The minimum Gasteiger partial charge on any atom is -0.327 e. The monoisotopic (exact) mass is 185 g/mol. The summed E-state index contributed by atoms with van der Waals surface area (Å²) in [5.74, 6) is 1.14. The Morgan fingerprint density at radius 3 is 3.00 bits per heavy atom. The molecule has 0 heterocycles. The molecule has 1 aromatic carbocycles. The summed E-state index contributed by atoms with van der Waals surface area (Å²) in [5.41, 5.74) is 9.24. The topological polar surface area (TPSA) is 26.0 Å². The van der Waals surface area contributed by atoms with Crippen molar-refractivity contribution >= 4 is 0 Å². The molecular weight excluding hydrogens is 170 g/mol. The van der Waals surface area contributed by atoms with Gasteiger partial charge in [0.2, 0.25) is 0 Å². The smallest absolute Gasteiger partial charge is 0.0177 e. The van der Waals surface area contributed by atoms with E-state index in [1.54, 1.807) is 0 Å². The van der Waals surface area contributed by atoms with E-state index in [1.165, 1.54) is 11.1 Å². The molecule has 2 aliphatic rings. The SMILES string of the molecule is NC1C2C=CCC1c1ccccc1C2. The van der Waals surface area contributed by atoms with Gasteiger partial charge in [-0.25, -0.2) is 0 Å². The summed E-state index contributed by atoms with van der Waals surface area (Å²) in [4.78, 5) is 0. The molecule has 0 saturated carbocycles. The van der Waals surface area contributed by atoms with E-state index in [0.717, 1.165) is 12.8 Å². The predicted molar refractivity (Wildman–Crippen MR) is 58.1 cm³/mol. The van der Waals surface area contributed by atoms with Crippen LogP contribution in [-0.2, 0) is 6.42 Å². The lowest BCUT2D eigenvalue weighted by molar-refractivity contribution is 0.377. The number of hydrogen-bond acceptors (Lipinski definition) is 1. The summed E-state index contributed by atoms with van der Waals surface area (Å²) < 4.78 is 0. The highest BCUT2D eigenvalue weighted by atomic mass is 14.7. The number of hydrogen-bond donors (Lipinski definition) is 1. The molecule has 2 aliphatic carbocycles. The molecule has 3 unspecified atom stereocenters. The average molecular weight is 185 g/mol. The van der Waals surface area contributed by atoms with Crippen molar-refractivity contribution in [3.05, 3.63) is 47.5 Å². The quantitative estimate of drug-likeness (QED) is 0.616. The van der Waals surface area contributed by atoms with Gasteiger partial charge < -0.3 is 5.73 Å². The largest absolute Gasteiger partial charge is 0.327 e. The maximum absolute atomic E-state index is 6.25. The van der Waals surface area contributed by atoms with Crippen molar-refractivity contribution in [3.63, 3.8) is 0 Å². The number of rotatable bonds is 0. The van der Waals surface area contributed by atoms with Crippen molar-refractivity contribution in [2.24, 2.45) is 11.7 Å². The third-order valence-corrected chi connectivity index (χ3v) is 3.64. The second-order valence-electron chi connectivity index (χ2n) is 4.41. The second kappa shape index (κ2) is 2.96. The molecule has 0 radical (unpaired) electrons. The van der Waals surface area contributed by atoms with Crippen molar-refractivity contribution in [3.8, 4) is 0 Å². The van der Waals surface area contributed by atoms with Crippen LogP contribution in [0.1, 0.15) is 23.5 Å². The highest BCUT2D eigenvalue weighted by molar-refractivity contribution is 5.38. The normalized spacial score (nSPS) is 33.9. The van der Waals surface area contributed by atoms with Gasteiger partial charge in [0.15, 0.2) is 0 Å². The Kier molecular flexibility index (Phi) is 1.74. The molecule has 1 heteroatoms. The van der Waals surface area contributed by atoms with Gasteiger partial charge in [0.05, 0.1) is 0 Å². The molecule has 2 bridgehead atoms. The van der Waals surface area contributed by atoms with Gasteiger partial charge in [-0.2, -0.15) is 0 Å². The van der Waals surface area contributed by atoms with Crippen LogP contribution in [0.4, 0.5) is 0 Å². The number of benzene rings is 1. The molecule has 72 valence electrons. The van der Waals surface area contributed by atoms with E-state index >= 15 is 0 Å². The molecule has 2 N–H and O–H groups in total. The van der Waals surface area contributed by atoms with Crippen molar-refractivity contribution in [2.75, 3.05) is 0 Å². The van der Waals surface area contributed by atoms with E-state index in [9.17, 15) is 0 Å². The first-order valence-corrected chi connectivity index (χ1v) is 5.36. The standard InChI is InChI=1S/C13H15N/c14-13-10-5-3-7-12(13)11-6-2-1-4-9(11)8-10/h1-6,10,12-13H,7-8,14H2. The van der Waals surface area contributed by atoms with Gasteiger partial charge in [-0.1, -0.05) is 36.4 Å². The fraction of sp³-hybridized carbons (Fsp3) is 0.385. The molecule has 0 amide bonds. The summed E-state index contributed by atoms with van der Waals surface area (Å²) in [6.45, 7) is 0. The fourth-order valence-electron chi connectivity index (χ4n) is 2.86. The van der Waals surface area contributed by atoms with Crippen molar-refractivity contribution in [1.29, 1.82) is 0 Å². The zero-order valence-electron chi connectivity index (χ0n) is 8.19. The lowest BCUT2D eigenvalue weighted by Crippen LogP contribution is -2.41. The van der Waals surface area contributed by atoms with Crippen molar-refractivity contribution in [2.45, 2.75) is 24.8 Å². The maximum atomic E-state index is 6.25. The number of fused-ring (bicyclic) bond motifs is 4. The molecule has 0 fully saturated rings. The van der Waals surface area contributed by atoms with Crippen LogP contribution < -0.4 is 5.73 Å². The summed E-state index contributed by atoms with van der Waals surface area (Å²) in [6.07, 6.45) is 6.85. The van der Waals surface area contributed by atoms with E-state index in [4.69, 9.17) is 5.73 Å². The molecule has 3 atom stereocenters.